The number of morpholine rings is 1. The molecular weight excluding hydrogens is 464 g/mol. The third-order valence-electron chi connectivity index (χ3n) is 6.69. The minimum absolute atomic E-state index is 0.00168. The summed E-state index contributed by atoms with van der Waals surface area (Å²) in [6, 6.07) is 2.71. The van der Waals surface area contributed by atoms with E-state index in [0.29, 0.717) is 48.6 Å². The van der Waals surface area contributed by atoms with Gasteiger partial charge in [-0.25, -0.2) is 4.79 Å². The molecule has 2 aliphatic rings. The molecule has 0 saturated carbocycles. The van der Waals surface area contributed by atoms with Crippen LogP contribution in [0.5, 0.6) is 0 Å². The molecule has 4 rings (SSSR count). The van der Waals surface area contributed by atoms with Crippen molar-refractivity contribution >= 4 is 23.4 Å². The topological polar surface area (TPSA) is 125 Å². The fourth-order valence-electron chi connectivity index (χ4n) is 4.94. The molecule has 2 fully saturated rings. The Morgan fingerprint density at radius 2 is 1.89 bits per heavy atom. The highest BCUT2D eigenvalue weighted by molar-refractivity contribution is 6.46. The summed E-state index contributed by atoms with van der Waals surface area (Å²) in [6.07, 6.45) is 3.85. The monoisotopic (exact) mass is 496 g/mol. The van der Waals surface area contributed by atoms with Gasteiger partial charge in [0, 0.05) is 49.8 Å². The first-order valence-corrected chi connectivity index (χ1v) is 12.2. The van der Waals surface area contributed by atoms with Crippen molar-refractivity contribution in [2.24, 2.45) is 0 Å². The molecule has 2 aromatic rings. The number of nitrogens with zero attached hydrogens (tertiary/aromatic N) is 3. The summed E-state index contributed by atoms with van der Waals surface area (Å²) < 4.78 is 10.5. The Balaban J connectivity index is 1.71. The Bertz CT molecular complexity index is 1170. The first kappa shape index (κ1) is 25.6. The molecule has 2 saturated heterocycles. The normalized spacial score (nSPS) is 20.2. The van der Waals surface area contributed by atoms with E-state index in [-0.39, 0.29) is 23.6 Å². The van der Waals surface area contributed by atoms with Crippen molar-refractivity contribution in [3.8, 4) is 0 Å². The number of aliphatic hydroxyl groups is 1. The summed E-state index contributed by atoms with van der Waals surface area (Å²) in [6.45, 7) is 9.45. The van der Waals surface area contributed by atoms with Gasteiger partial charge in [-0.2, -0.15) is 0 Å². The molecule has 2 N–H and O–H groups in total. The van der Waals surface area contributed by atoms with Crippen molar-refractivity contribution in [2.75, 3.05) is 46.0 Å². The summed E-state index contributed by atoms with van der Waals surface area (Å²) in [5, 5.41) is 11.4. The zero-order chi connectivity index (χ0) is 25.8. The number of hydrogen-bond donors (Lipinski definition) is 2. The van der Waals surface area contributed by atoms with Gasteiger partial charge in [0.25, 0.3) is 11.7 Å². The Kier molecular flexibility index (Phi) is 7.85. The van der Waals surface area contributed by atoms with E-state index in [1.54, 1.807) is 45.3 Å². The average molecular weight is 497 g/mol. The van der Waals surface area contributed by atoms with Crippen molar-refractivity contribution in [2.45, 2.75) is 33.2 Å². The number of hydrogen-bond acceptors (Lipinski definition) is 8. The first-order valence-electron chi connectivity index (χ1n) is 12.2. The number of aliphatic hydroxyl groups excluding tert-OH is 1. The number of H-pyrrole nitrogens is 1. The van der Waals surface area contributed by atoms with Crippen LogP contribution in [0.2, 0.25) is 0 Å². The van der Waals surface area contributed by atoms with E-state index in [1.165, 1.54) is 4.90 Å². The summed E-state index contributed by atoms with van der Waals surface area (Å²) in [4.78, 5) is 49.7. The van der Waals surface area contributed by atoms with Gasteiger partial charge in [0.15, 0.2) is 0 Å². The number of aromatic nitrogens is 2. The Labute approximate surface area is 209 Å². The maximum Gasteiger partial charge on any atom is 0.355 e. The maximum atomic E-state index is 13.3. The number of aromatic amines is 1. The van der Waals surface area contributed by atoms with Crippen LogP contribution in [0.1, 0.15) is 52.3 Å². The van der Waals surface area contributed by atoms with Gasteiger partial charge in [-0.3, -0.25) is 19.5 Å². The number of carbonyl (C=O) groups is 3. The third-order valence-corrected chi connectivity index (χ3v) is 6.69. The molecule has 1 amide bonds. The molecule has 10 nitrogen and oxygen atoms in total. The number of aryl methyl sites for hydroxylation is 1. The van der Waals surface area contributed by atoms with E-state index >= 15 is 0 Å². The lowest BCUT2D eigenvalue weighted by atomic mass is 9.94. The van der Waals surface area contributed by atoms with Crippen molar-refractivity contribution in [1.82, 2.24) is 19.8 Å². The second-order valence-electron chi connectivity index (χ2n) is 8.93. The summed E-state index contributed by atoms with van der Waals surface area (Å²) in [7, 11) is 0. The number of amides is 1. The summed E-state index contributed by atoms with van der Waals surface area (Å²) in [5.74, 6) is -2.27. The predicted octanol–water partition coefficient (Wildman–Crippen LogP) is 2.35. The van der Waals surface area contributed by atoms with E-state index < -0.39 is 23.7 Å². The third kappa shape index (κ3) is 4.91. The van der Waals surface area contributed by atoms with Crippen LogP contribution in [0, 0.1) is 13.8 Å². The fourth-order valence-corrected chi connectivity index (χ4v) is 4.94. The average Bonchev–Trinajstić information content (AvgIpc) is 3.32. The number of esters is 1. The molecule has 0 aromatic carbocycles. The Morgan fingerprint density at radius 1 is 1.19 bits per heavy atom. The van der Waals surface area contributed by atoms with E-state index in [9.17, 15) is 19.5 Å². The summed E-state index contributed by atoms with van der Waals surface area (Å²) >= 11 is 0. The second-order valence-corrected chi connectivity index (χ2v) is 8.93. The lowest BCUT2D eigenvalue weighted by Crippen LogP contribution is -2.38. The number of ketones is 1. The molecule has 0 radical (unpaired) electrons. The Morgan fingerprint density at radius 3 is 2.56 bits per heavy atom. The largest absolute Gasteiger partial charge is 0.507 e. The van der Waals surface area contributed by atoms with Gasteiger partial charge in [-0.1, -0.05) is 0 Å². The summed E-state index contributed by atoms with van der Waals surface area (Å²) in [5.41, 5.74) is 2.15. The van der Waals surface area contributed by atoms with Crippen molar-refractivity contribution in [3.63, 3.8) is 0 Å². The van der Waals surface area contributed by atoms with Crippen LogP contribution in [0.25, 0.3) is 5.76 Å². The van der Waals surface area contributed by atoms with E-state index in [1.807, 2.05) is 0 Å². The fraction of sp³-hybridized carbons (Fsp3) is 0.462. The predicted molar refractivity (Wildman–Crippen MR) is 131 cm³/mol. The first-order chi connectivity index (χ1) is 17.3. The number of pyridine rings is 1. The van der Waals surface area contributed by atoms with Crippen LogP contribution in [0.3, 0.4) is 0 Å². The van der Waals surface area contributed by atoms with Gasteiger partial charge >= 0.3 is 5.97 Å². The van der Waals surface area contributed by atoms with Crippen LogP contribution in [0.15, 0.2) is 30.1 Å². The van der Waals surface area contributed by atoms with Gasteiger partial charge in [0.05, 0.1) is 31.4 Å². The van der Waals surface area contributed by atoms with Crippen LogP contribution in [-0.4, -0.2) is 88.5 Å². The minimum Gasteiger partial charge on any atom is -0.507 e. The van der Waals surface area contributed by atoms with E-state index in [2.05, 4.69) is 14.9 Å². The van der Waals surface area contributed by atoms with Gasteiger partial charge in [-0.15, -0.1) is 0 Å². The molecule has 1 atom stereocenters. The minimum atomic E-state index is -0.766. The van der Waals surface area contributed by atoms with Crippen molar-refractivity contribution in [3.05, 3.63) is 58.2 Å². The Hall–Kier alpha value is -3.50. The zero-order valence-corrected chi connectivity index (χ0v) is 20.9. The molecule has 0 aliphatic carbocycles. The van der Waals surface area contributed by atoms with Crippen molar-refractivity contribution < 1.29 is 29.0 Å². The number of likely N-dealkylation sites (tertiary alicyclic amines) is 1. The zero-order valence-electron chi connectivity index (χ0n) is 20.9. The number of nitrogens with one attached hydrogen (secondary N) is 1. The van der Waals surface area contributed by atoms with Gasteiger partial charge in [0.2, 0.25) is 0 Å². The number of ether oxygens (including phenoxy) is 2. The smallest absolute Gasteiger partial charge is 0.355 e. The molecule has 0 spiro atoms. The number of Topliss-reactive ketones (excluding diaryl/α,β-unsaturated/α-hetero) is 1. The quantitative estimate of drug-likeness (QED) is 0.247. The lowest BCUT2D eigenvalue weighted by molar-refractivity contribution is -0.140. The molecule has 0 unspecified atom stereocenters. The molecule has 4 heterocycles. The van der Waals surface area contributed by atoms with Crippen LogP contribution >= 0.6 is 0 Å². The SMILES string of the molecule is CCOC(=O)c1[nH]c(C)c(C(O)=C2C(=O)C(=O)N(CCCN3CCOCC3)[C@@H]2c2ccncc2)c1C. The standard InChI is InChI=1S/C26H32N4O6/c1-4-36-26(34)21-16(2)19(17(3)28-21)23(31)20-22(18-6-8-27-9-7-18)30(25(33)24(20)32)11-5-10-29-12-14-35-15-13-29/h6-9,22,28,31H,4-5,10-15H2,1-3H3/t22-/m1/s1. The number of rotatable bonds is 8. The highest BCUT2D eigenvalue weighted by Crippen LogP contribution is 2.40. The maximum absolute atomic E-state index is 13.3. The molecule has 2 aromatic heterocycles. The molecular formula is C26H32N4O6. The number of carbonyl (C=O) groups excluding carboxylic acids is 3. The van der Waals surface area contributed by atoms with Gasteiger partial charge in [0.1, 0.15) is 11.5 Å². The molecule has 0 bridgehead atoms. The van der Waals surface area contributed by atoms with Crippen LogP contribution < -0.4 is 0 Å². The van der Waals surface area contributed by atoms with Crippen molar-refractivity contribution in [1.29, 1.82) is 0 Å². The van der Waals surface area contributed by atoms with Gasteiger partial charge < -0.3 is 24.5 Å². The lowest BCUT2D eigenvalue weighted by Gasteiger charge is -2.29. The highest BCUT2D eigenvalue weighted by atomic mass is 16.5. The second kappa shape index (κ2) is 11.0. The highest BCUT2D eigenvalue weighted by Gasteiger charge is 2.46. The van der Waals surface area contributed by atoms with E-state index in [4.69, 9.17) is 9.47 Å². The van der Waals surface area contributed by atoms with Crippen LogP contribution in [0.4, 0.5) is 0 Å². The van der Waals surface area contributed by atoms with Gasteiger partial charge in [-0.05, 0) is 50.5 Å². The molecule has 36 heavy (non-hydrogen) atoms. The molecule has 2 aliphatic heterocycles. The molecule has 192 valence electrons. The molecule has 10 heteroatoms. The van der Waals surface area contributed by atoms with E-state index in [0.717, 1.165) is 19.6 Å². The van der Waals surface area contributed by atoms with Crippen LogP contribution in [-0.2, 0) is 19.1 Å².